The van der Waals surface area contributed by atoms with Gasteiger partial charge in [0.05, 0.1) is 5.52 Å². The zero-order valence-electron chi connectivity index (χ0n) is 18.2. The minimum Gasteiger partial charge on any atom is -0.353 e. The van der Waals surface area contributed by atoms with E-state index in [-0.39, 0.29) is 5.91 Å². The van der Waals surface area contributed by atoms with Gasteiger partial charge in [-0.3, -0.25) is 4.79 Å². The van der Waals surface area contributed by atoms with Gasteiger partial charge < -0.3 is 10.2 Å². The highest BCUT2D eigenvalue weighted by Crippen LogP contribution is 2.30. The van der Waals surface area contributed by atoms with Gasteiger partial charge >= 0.3 is 0 Å². The zero-order chi connectivity index (χ0) is 22.6. The average Bonchev–Trinajstić information content (AvgIpc) is 3.65. The SMILES string of the molecule is O=C(CCN(Cc1ccccc1)c1nc(-c2cccc(Br)c2)nc2ccccc12)NC1CC1. The molecule has 6 heteroatoms. The third-order valence-corrected chi connectivity index (χ3v) is 6.23. The summed E-state index contributed by atoms with van der Waals surface area (Å²) in [4.78, 5) is 24.6. The Bertz CT molecular complexity index is 1270. The molecule has 1 saturated carbocycles. The Morgan fingerprint density at radius 3 is 2.55 bits per heavy atom. The summed E-state index contributed by atoms with van der Waals surface area (Å²) in [6.45, 7) is 1.24. The maximum absolute atomic E-state index is 12.5. The van der Waals surface area contributed by atoms with E-state index < -0.39 is 0 Å². The maximum Gasteiger partial charge on any atom is 0.221 e. The number of para-hydroxylation sites is 1. The molecule has 1 aromatic heterocycles. The van der Waals surface area contributed by atoms with Gasteiger partial charge in [0.1, 0.15) is 5.82 Å². The zero-order valence-corrected chi connectivity index (χ0v) is 19.8. The Balaban J connectivity index is 1.54. The van der Waals surface area contributed by atoms with Crippen LogP contribution in [0.3, 0.4) is 0 Å². The number of halogens is 1. The van der Waals surface area contributed by atoms with Gasteiger partial charge in [-0.25, -0.2) is 9.97 Å². The lowest BCUT2D eigenvalue weighted by Gasteiger charge is -2.25. The largest absolute Gasteiger partial charge is 0.353 e. The molecule has 3 aromatic carbocycles. The summed E-state index contributed by atoms with van der Waals surface area (Å²) in [5.41, 5.74) is 3.01. The van der Waals surface area contributed by atoms with Crippen molar-refractivity contribution in [2.24, 2.45) is 0 Å². The summed E-state index contributed by atoms with van der Waals surface area (Å²) in [6, 6.07) is 26.8. The molecule has 0 unspecified atom stereocenters. The van der Waals surface area contributed by atoms with E-state index in [1.54, 1.807) is 0 Å². The molecule has 1 fully saturated rings. The molecule has 166 valence electrons. The summed E-state index contributed by atoms with van der Waals surface area (Å²) >= 11 is 3.56. The average molecular weight is 501 g/mol. The van der Waals surface area contributed by atoms with Crippen molar-refractivity contribution in [2.75, 3.05) is 11.4 Å². The van der Waals surface area contributed by atoms with Crippen molar-refractivity contribution in [1.29, 1.82) is 0 Å². The highest BCUT2D eigenvalue weighted by Gasteiger charge is 2.24. The van der Waals surface area contributed by atoms with Gasteiger partial charge in [0, 0.05) is 41.0 Å². The molecule has 1 N–H and O–H groups in total. The standard InChI is InChI=1S/C27H25BrN4O/c28-21-10-6-9-20(17-21)26-30-24-12-5-4-11-23(24)27(31-26)32(18-19-7-2-1-3-8-19)16-15-25(33)29-22-13-14-22/h1-12,17,22H,13-16,18H2,(H,29,33). The van der Waals surface area contributed by atoms with Crippen molar-refractivity contribution >= 4 is 38.6 Å². The number of nitrogens with one attached hydrogen (secondary N) is 1. The monoisotopic (exact) mass is 500 g/mol. The molecule has 1 amide bonds. The van der Waals surface area contributed by atoms with Crippen LogP contribution in [0.15, 0.2) is 83.3 Å². The molecular weight excluding hydrogens is 476 g/mol. The fourth-order valence-corrected chi connectivity index (χ4v) is 4.28. The lowest BCUT2D eigenvalue weighted by molar-refractivity contribution is -0.121. The molecule has 0 aliphatic heterocycles. The Hall–Kier alpha value is -3.25. The van der Waals surface area contributed by atoms with Crippen molar-refractivity contribution in [1.82, 2.24) is 15.3 Å². The normalized spacial score (nSPS) is 13.1. The topological polar surface area (TPSA) is 58.1 Å². The number of carbonyl (C=O) groups is 1. The van der Waals surface area contributed by atoms with Crippen molar-refractivity contribution in [2.45, 2.75) is 31.8 Å². The maximum atomic E-state index is 12.5. The van der Waals surface area contributed by atoms with Gasteiger partial charge in [0.25, 0.3) is 0 Å². The lowest BCUT2D eigenvalue weighted by Crippen LogP contribution is -2.32. The molecule has 33 heavy (non-hydrogen) atoms. The summed E-state index contributed by atoms with van der Waals surface area (Å²) in [6.07, 6.45) is 2.60. The van der Waals surface area contributed by atoms with Crippen LogP contribution in [0, 0.1) is 0 Å². The van der Waals surface area contributed by atoms with Crippen LogP contribution in [0.5, 0.6) is 0 Å². The van der Waals surface area contributed by atoms with Crippen molar-refractivity contribution in [3.05, 3.63) is 88.9 Å². The van der Waals surface area contributed by atoms with Crippen LogP contribution in [0.1, 0.15) is 24.8 Å². The third kappa shape index (κ3) is 5.40. The van der Waals surface area contributed by atoms with Gasteiger partial charge in [0.2, 0.25) is 5.91 Å². The minimum absolute atomic E-state index is 0.0983. The van der Waals surface area contributed by atoms with E-state index >= 15 is 0 Å². The number of nitrogens with zero attached hydrogens (tertiary/aromatic N) is 3. The van der Waals surface area contributed by atoms with Crippen LogP contribution >= 0.6 is 15.9 Å². The van der Waals surface area contributed by atoms with Gasteiger partial charge in [-0.2, -0.15) is 0 Å². The number of aromatic nitrogens is 2. The molecule has 0 atom stereocenters. The van der Waals surface area contributed by atoms with E-state index in [9.17, 15) is 4.79 Å². The van der Waals surface area contributed by atoms with Crippen LogP contribution in [-0.4, -0.2) is 28.5 Å². The fourth-order valence-electron chi connectivity index (χ4n) is 3.89. The Labute approximate surface area is 202 Å². The highest BCUT2D eigenvalue weighted by atomic mass is 79.9. The molecule has 1 aliphatic rings. The number of carbonyl (C=O) groups excluding carboxylic acids is 1. The Kier molecular flexibility index (Phi) is 6.35. The quantitative estimate of drug-likeness (QED) is 0.335. The number of rotatable bonds is 8. The van der Waals surface area contributed by atoms with E-state index in [0.29, 0.717) is 31.4 Å². The van der Waals surface area contributed by atoms with Gasteiger partial charge in [-0.05, 0) is 42.7 Å². The molecule has 0 radical (unpaired) electrons. The number of hydrogen-bond acceptors (Lipinski definition) is 4. The van der Waals surface area contributed by atoms with Gasteiger partial charge in [-0.1, -0.05) is 70.5 Å². The number of hydrogen-bond donors (Lipinski definition) is 1. The summed E-state index contributed by atoms with van der Waals surface area (Å²) in [7, 11) is 0. The molecule has 1 heterocycles. The van der Waals surface area contributed by atoms with Crippen LogP contribution in [-0.2, 0) is 11.3 Å². The predicted octanol–water partition coefficient (Wildman–Crippen LogP) is 5.73. The van der Waals surface area contributed by atoms with Crippen LogP contribution < -0.4 is 10.2 Å². The molecule has 5 nitrogen and oxygen atoms in total. The van der Waals surface area contributed by atoms with Crippen molar-refractivity contribution < 1.29 is 4.79 Å². The number of benzene rings is 3. The summed E-state index contributed by atoms with van der Waals surface area (Å²) < 4.78 is 0.983. The molecular formula is C27H25BrN4O. The number of anilines is 1. The Morgan fingerprint density at radius 2 is 1.76 bits per heavy atom. The van der Waals surface area contributed by atoms with Crippen molar-refractivity contribution in [3.8, 4) is 11.4 Å². The van der Waals surface area contributed by atoms with E-state index in [1.807, 2.05) is 60.7 Å². The predicted molar refractivity (Wildman–Crippen MR) is 136 cm³/mol. The van der Waals surface area contributed by atoms with Gasteiger partial charge in [-0.15, -0.1) is 0 Å². The minimum atomic E-state index is 0.0983. The van der Waals surface area contributed by atoms with E-state index in [2.05, 4.69) is 44.3 Å². The van der Waals surface area contributed by atoms with Crippen molar-refractivity contribution in [3.63, 3.8) is 0 Å². The second kappa shape index (κ2) is 9.71. The number of amides is 1. The summed E-state index contributed by atoms with van der Waals surface area (Å²) in [5.74, 6) is 1.62. The molecule has 0 spiro atoms. The molecule has 0 saturated heterocycles. The van der Waals surface area contributed by atoms with E-state index in [4.69, 9.17) is 9.97 Å². The molecule has 5 rings (SSSR count). The first-order valence-electron chi connectivity index (χ1n) is 11.3. The lowest BCUT2D eigenvalue weighted by atomic mass is 10.1. The first-order chi connectivity index (χ1) is 16.2. The molecule has 0 bridgehead atoms. The van der Waals surface area contributed by atoms with Crippen LogP contribution in [0.4, 0.5) is 5.82 Å². The first kappa shape index (κ1) is 21.6. The first-order valence-corrected chi connectivity index (χ1v) is 12.1. The third-order valence-electron chi connectivity index (χ3n) is 5.73. The van der Waals surface area contributed by atoms with Gasteiger partial charge in [0.15, 0.2) is 5.82 Å². The van der Waals surface area contributed by atoms with Crippen LogP contribution in [0.2, 0.25) is 0 Å². The highest BCUT2D eigenvalue weighted by molar-refractivity contribution is 9.10. The number of fused-ring (bicyclic) bond motifs is 1. The second-order valence-corrected chi connectivity index (χ2v) is 9.31. The molecule has 1 aliphatic carbocycles. The molecule has 4 aromatic rings. The van der Waals surface area contributed by atoms with E-state index in [0.717, 1.165) is 39.6 Å². The van der Waals surface area contributed by atoms with E-state index in [1.165, 1.54) is 5.56 Å². The smallest absolute Gasteiger partial charge is 0.221 e. The van der Waals surface area contributed by atoms with Crippen LogP contribution in [0.25, 0.3) is 22.3 Å². The summed E-state index contributed by atoms with van der Waals surface area (Å²) in [5, 5.41) is 4.08. The Morgan fingerprint density at radius 1 is 0.970 bits per heavy atom. The fraction of sp³-hybridized carbons (Fsp3) is 0.222. The second-order valence-electron chi connectivity index (χ2n) is 8.40.